The first kappa shape index (κ1) is 10.5. The Morgan fingerprint density at radius 2 is 2.14 bits per heavy atom. The number of ether oxygens (including phenoxy) is 1. The van der Waals surface area contributed by atoms with E-state index in [0.717, 1.165) is 11.3 Å². The Morgan fingerprint density at radius 3 is 2.86 bits per heavy atom. The fourth-order valence-corrected chi connectivity index (χ4v) is 1.49. The van der Waals surface area contributed by atoms with E-state index in [-0.39, 0.29) is 12.1 Å². The number of rotatable bonds is 1. The molecular formula is C10H12O4. The molecule has 1 aliphatic rings. The first-order chi connectivity index (χ1) is 6.27. The van der Waals surface area contributed by atoms with Gasteiger partial charge in [0.1, 0.15) is 12.4 Å². The Hall–Kier alpha value is -1.55. The van der Waals surface area contributed by atoms with Gasteiger partial charge in [0.2, 0.25) is 0 Å². The van der Waals surface area contributed by atoms with Crippen LogP contribution in [-0.4, -0.2) is 23.2 Å². The lowest BCUT2D eigenvalue weighted by atomic mass is 9.97. The minimum absolute atomic E-state index is 0. The summed E-state index contributed by atoms with van der Waals surface area (Å²) in [6.07, 6.45) is 0.575. The van der Waals surface area contributed by atoms with Crippen molar-refractivity contribution in [1.82, 2.24) is 0 Å². The zero-order valence-electron chi connectivity index (χ0n) is 7.56. The van der Waals surface area contributed by atoms with Gasteiger partial charge < -0.3 is 15.3 Å². The molecule has 2 rings (SSSR count). The molecule has 1 atom stereocenters. The third-order valence-corrected chi connectivity index (χ3v) is 2.23. The van der Waals surface area contributed by atoms with Crippen molar-refractivity contribution in [3.05, 3.63) is 29.8 Å². The predicted octanol–water partition coefficient (Wildman–Crippen LogP) is 0.498. The van der Waals surface area contributed by atoms with Crippen molar-refractivity contribution >= 4 is 5.97 Å². The average molecular weight is 196 g/mol. The van der Waals surface area contributed by atoms with Gasteiger partial charge in [0.05, 0.1) is 5.92 Å². The minimum atomic E-state index is -0.783. The van der Waals surface area contributed by atoms with Crippen LogP contribution < -0.4 is 4.74 Å². The highest BCUT2D eigenvalue weighted by Crippen LogP contribution is 2.26. The maximum absolute atomic E-state index is 10.7. The Labute approximate surface area is 81.4 Å². The molecule has 0 bridgehead atoms. The standard InChI is InChI=1S/C10H10O3.H2O/c11-10(12)8-5-7-3-1-2-4-9(7)13-6-8;/h1-4,8H,5-6H2,(H,11,12);1H2. The lowest BCUT2D eigenvalue weighted by Crippen LogP contribution is -2.27. The van der Waals surface area contributed by atoms with Crippen LogP contribution in [0, 0.1) is 5.92 Å². The molecule has 0 radical (unpaired) electrons. The average Bonchev–Trinajstić information content (AvgIpc) is 2.17. The van der Waals surface area contributed by atoms with Crippen LogP contribution >= 0.6 is 0 Å². The zero-order chi connectivity index (χ0) is 9.26. The fraction of sp³-hybridized carbons (Fsp3) is 0.300. The molecular weight excluding hydrogens is 184 g/mol. The van der Waals surface area contributed by atoms with Gasteiger partial charge in [-0.3, -0.25) is 4.79 Å². The van der Waals surface area contributed by atoms with Gasteiger partial charge in [-0.15, -0.1) is 0 Å². The van der Waals surface area contributed by atoms with Crippen molar-refractivity contribution in [2.24, 2.45) is 5.92 Å². The van der Waals surface area contributed by atoms with E-state index in [1.54, 1.807) is 0 Å². The zero-order valence-corrected chi connectivity index (χ0v) is 7.56. The molecule has 76 valence electrons. The number of para-hydroxylation sites is 1. The van der Waals surface area contributed by atoms with E-state index in [4.69, 9.17) is 9.84 Å². The number of hydrogen-bond donors (Lipinski definition) is 1. The quantitative estimate of drug-likeness (QED) is 0.710. The number of carboxylic acids is 1. The van der Waals surface area contributed by atoms with E-state index in [0.29, 0.717) is 6.42 Å². The molecule has 4 nitrogen and oxygen atoms in total. The van der Waals surface area contributed by atoms with Gasteiger partial charge >= 0.3 is 5.97 Å². The molecule has 0 saturated carbocycles. The van der Waals surface area contributed by atoms with Gasteiger partial charge in [-0.2, -0.15) is 0 Å². The largest absolute Gasteiger partial charge is 0.492 e. The van der Waals surface area contributed by atoms with Crippen LogP contribution in [0.3, 0.4) is 0 Å². The second kappa shape index (κ2) is 4.11. The van der Waals surface area contributed by atoms with E-state index in [1.807, 2.05) is 24.3 Å². The number of carboxylic acid groups (broad SMARTS) is 1. The van der Waals surface area contributed by atoms with Crippen LogP contribution in [0.25, 0.3) is 0 Å². The molecule has 0 fully saturated rings. The van der Waals surface area contributed by atoms with Crippen molar-refractivity contribution in [1.29, 1.82) is 0 Å². The van der Waals surface area contributed by atoms with Crippen molar-refractivity contribution in [3.63, 3.8) is 0 Å². The Morgan fingerprint density at radius 1 is 1.43 bits per heavy atom. The summed E-state index contributed by atoms with van der Waals surface area (Å²) in [7, 11) is 0. The molecule has 0 spiro atoms. The third-order valence-electron chi connectivity index (χ3n) is 2.23. The van der Waals surface area contributed by atoms with Crippen molar-refractivity contribution < 1.29 is 20.1 Å². The topological polar surface area (TPSA) is 78.0 Å². The molecule has 0 aliphatic carbocycles. The van der Waals surface area contributed by atoms with E-state index >= 15 is 0 Å². The summed E-state index contributed by atoms with van der Waals surface area (Å²) in [5.41, 5.74) is 0.987. The first-order valence-electron chi connectivity index (χ1n) is 4.21. The molecule has 14 heavy (non-hydrogen) atoms. The van der Waals surface area contributed by atoms with Crippen LogP contribution in [-0.2, 0) is 11.2 Å². The monoisotopic (exact) mass is 196 g/mol. The highest BCUT2D eigenvalue weighted by molar-refractivity contribution is 5.71. The van der Waals surface area contributed by atoms with E-state index in [9.17, 15) is 4.79 Å². The number of hydrogen-bond acceptors (Lipinski definition) is 2. The lowest BCUT2D eigenvalue weighted by molar-refractivity contribution is -0.143. The number of carbonyl (C=O) groups is 1. The van der Waals surface area contributed by atoms with E-state index in [2.05, 4.69) is 0 Å². The summed E-state index contributed by atoms with van der Waals surface area (Å²) in [5.74, 6) is -0.357. The van der Waals surface area contributed by atoms with Gasteiger partial charge in [0.15, 0.2) is 0 Å². The smallest absolute Gasteiger partial charge is 0.310 e. The van der Waals surface area contributed by atoms with Crippen LogP contribution in [0.5, 0.6) is 5.75 Å². The highest BCUT2D eigenvalue weighted by atomic mass is 16.5. The minimum Gasteiger partial charge on any atom is -0.492 e. The highest BCUT2D eigenvalue weighted by Gasteiger charge is 2.24. The summed E-state index contributed by atoms with van der Waals surface area (Å²) in [5, 5.41) is 8.78. The molecule has 1 heterocycles. The molecule has 3 N–H and O–H groups in total. The van der Waals surface area contributed by atoms with Crippen molar-refractivity contribution in [2.45, 2.75) is 6.42 Å². The lowest BCUT2D eigenvalue weighted by Gasteiger charge is -2.21. The van der Waals surface area contributed by atoms with Gasteiger partial charge in [-0.05, 0) is 18.1 Å². The van der Waals surface area contributed by atoms with Crippen LogP contribution in [0.1, 0.15) is 5.56 Å². The van der Waals surface area contributed by atoms with Crippen LogP contribution in [0.4, 0.5) is 0 Å². The molecule has 1 aromatic carbocycles. The summed E-state index contributed by atoms with van der Waals surface area (Å²) in [4.78, 5) is 10.7. The van der Waals surface area contributed by atoms with E-state index in [1.165, 1.54) is 0 Å². The third kappa shape index (κ3) is 1.85. The Kier molecular flexibility index (Phi) is 3.09. The number of fused-ring (bicyclic) bond motifs is 1. The van der Waals surface area contributed by atoms with E-state index < -0.39 is 11.9 Å². The Bertz CT molecular complexity index is 335. The van der Waals surface area contributed by atoms with Gasteiger partial charge in [0, 0.05) is 0 Å². The van der Waals surface area contributed by atoms with Crippen molar-refractivity contribution in [2.75, 3.05) is 6.61 Å². The van der Waals surface area contributed by atoms with Gasteiger partial charge in [-0.1, -0.05) is 18.2 Å². The molecule has 0 saturated heterocycles. The Balaban J connectivity index is 0.000000980. The molecule has 0 amide bonds. The molecule has 0 aromatic heterocycles. The number of benzene rings is 1. The summed E-state index contributed by atoms with van der Waals surface area (Å²) >= 11 is 0. The number of aliphatic carboxylic acids is 1. The molecule has 1 aromatic rings. The van der Waals surface area contributed by atoms with Gasteiger partial charge in [0.25, 0.3) is 0 Å². The van der Waals surface area contributed by atoms with Gasteiger partial charge in [-0.25, -0.2) is 0 Å². The maximum atomic E-state index is 10.7. The second-order valence-electron chi connectivity index (χ2n) is 3.16. The first-order valence-corrected chi connectivity index (χ1v) is 4.21. The molecule has 1 unspecified atom stereocenters. The predicted molar refractivity (Wildman–Crippen MR) is 50.4 cm³/mol. The van der Waals surface area contributed by atoms with Crippen LogP contribution in [0.2, 0.25) is 0 Å². The second-order valence-corrected chi connectivity index (χ2v) is 3.16. The summed E-state index contributed by atoms with van der Waals surface area (Å²) in [6.45, 7) is 0.284. The SMILES string of the molecule is O.O=C(O)C1COc2ccccc2C1. The normalized spacial score (nSPS) is 18.7. The summed E-state index contributed by atoms with van der Waals surface area (Å²) < 4.78 is 5.32. The molecule has 1 aliphatic heterocycles. The maximum Gasteiger partial charge on any atom is 0.310 e. The van der Waals surface area contributed by atoms with Crippen molar-refractivity contribution in [3.8, 4) is 5.75 Å². The summed E-state index contributed by atoms with van der Waals surface area (Å²) in [6, 6.07) is 7.56. The van der Waals surface area contributed by atoms with Crippen LogP contribution in [0.15, 0.2) is 24.3 Å². The fourth-order valence-electron chi connectivity index (χ4n) is 1.49. The molecule has 4 heteroatoms.